The molecular weight excluding hydrogens is 308 g/mol. The summed E-state index contributed by atoms with van der Waals surface area (Å²) >= 11 is 5.83. The van der Waals surface area contributed by atoms with Crippen molar-refractivity contribution >= 4 is 23.5 Å². The summed E-state index contributed by atoms with van der Waals surface area (Å²) in [5.74, 6) is -0.0945. The monoisotopic (exact) mass is 328 g/mol. The third kappa shape index (κ3) is 5.93. The maximum absolute atomic E-state index is 11.8. The van der Waals surface area contributed by atoms with Gasteiger partial charge in [0.2, 0.25) is 0 Å². The molecule has 22 heavy (non-hydrogen) atoms. The molecule has 0 heterocycles. The minimum absolute atomic E-state index is 0.0220. The van der Waals surface area contributed by atoms with Crippen molar-refractivity contribution in [2.24, 2.45) is 5.92 Å². The number of rotatable bonds is 7. The molecule has 0 aliphatic rings. The van der Waals surface area contributed by atoms with E-state index < -0.39 is 11.9 Å². The molecule has 1 atom stereocenters. The van der Waals surface area contributed by atoms with E-state index in [-0.39, 0.29) is 30.6 Å². The maximum Gasteiger partial charge on any atom is 0.311 e. The van der Waals surface area contributed by atoms with Gasteiger partial charge >= 0.3 is 11.9 Å². The molecule has 0 N–H and O–H groups in total. The second kappa shape index (κ2) is 8.63. The van der Waals surface area contributed by atoms with Crippen molar-refractivity contribution < 1.29 is 23.8 Å². The third-order valence-corrected chi connectivity index (χ3v) is 3.37. The van der Waals surface area contributed by atoms with Crippen LogP contribution in [0, 0.1) is 5.92 Å². The maximum atomic E-state index is 11.8. The first-order chi connectivity index (χ1) is 10.3. The van der Waals surface area contributed by atoms with Crippen molar-refractivity contribution in [3.63, 3.8) is 0 Å². The standard InChI is InChI=1S/C16H21ClO5/c1-10(2)11(3)21-15(18)7-8-16(19)22-13-6-5-12(17)9-14(13)20-4/h5-6,9-11H,7-8H2,1-4H3. The fourth-order valence-electron chi connectivity index (χ4n) is 1.51. The van der Waals surface area contributed by atoms with Crippen LogP contribution in [0.4, 0.5) is 0 Å². The Bertz CT molecular complexity index is 527. The Labute approximate surface area is 135 Å². The summed E-state index contributed by atoms with van der Waals surface area (Å²) in [6.45, 7) is 5.73. The molecule has 0 aromatic heterocycles. The molecule has 0 aliphatic carbocycles. The third-order valence-electron chi connectivity index (χ3n) is 3.14. The zero-order valence-corrected chi connectivity index (χ0v) is 14.0. The van der Waals surface area contributed by atoms with Gasteiger partial charge in [0.05, 0.1) is 20.0 Å². The largest absolute Gasteiger partial charge is 0.493 e. The highest BCUT2D eigenvalue weighted by molar-refractivity contribution is 6.30. The molecule has 0 radical (unpaired) electrons. The van der Waals surface area contributed by atoms with Gasteiger partial charge in [0, 0.05) is 11.1 Å². The molecule has 1 unspecified atom stereocenters. The lowest BCUT2D eigenvalue weighted by Gasteiger charge is -2.16. The van der Waals surface area contributed by atoms with E-state index in [2.05, 4.69) is 0 Å². The smallest absolute Gasteiger partial charge is 0.311 e. The zero-order chi connectivity index (χ0) is 16.7. The summed E-state index contributed by atoms with van der Waals surface area (Å²) in [6.07, 6.45) is -0.263. The molecule has 1 aromatic rings. The minimum atomic E-state index is -0.533. The molecule has 6 heteroatoms. The van der Waals surface area contributed by atoms with Crippen LogP contribution in [0.5, 0.6) is 11.5 Å². The van der Waals surface area contributed by atoms with Crippen molar-refractivity contribution in [1.29, 1.82) is 0 Å². The second-order valence-electron chi connectivity index (χ2n) is 5.21. The van der Waals surface area contributed by atoms with Crippen LogP contribution in [0.1, 0.15) is 33.6 Å². The lowest BCUT2D eigenvalue weighted by molar-refractivity contribution is -0.152. The Morgan fingerprint density at radius 3 is 2.32 bits per heavy atom. The Morgan fingerprint density at radius 1 is 1.09 bits per heavy atom. The van der Waals surface area contributed by atoms with Crippen molar-refractivity contribution in [2.45, 2.75) is 39.7 Å². The number of hydrogen-bond donors (Lipinski definition) is 0. The van der Waals surface area contributed by atoms with E-state index in [1.54, 1.807) is 12.1 Å². The summed E-state index contributed by atoms with van der Waals surface area (Å²) < 4.78 is 15.4. The van der Waals surface area contributed by atoms with Crippen LogP contribution < -0.4 is 9.47 Å². The van der Waals surface area contributed by atoms with Crippen LogP contribution in [0.25, 0.3) is 0 Å². The molecule has 1 rings (SSSR count). The zero-order valence-electron chi connectivity index (χ0n) is 13.2. The lowest BCUT2D eigenvalue weighted by Crippen LogP contribution is -2.21. The molecule has 5 nitrogen and oxygen atoms in total. The van der Waals surface area contributed by atoms with Gasteiger partial charge in [0.15, 0.2) is 11.5 Å². The quantitative estimate of drug-likeness (QED) is 0.565. The Balaban J connectivity index is 2.49. The van der Waals surface area contributed by atoms with Crippen LogP contribution in [0.3, 0.4) is 0 Å². The average Bonchev–Trinajstić information content (AvgIpc) is 2.46. The van der Waals surface area contributed by atoms with Crippen molar-refractivity contribution in [3.8, 4) is 11.5 Å². The summed E-state index contributed by atoms with van der Waals surface area (Å²) in [4.78, 5) is 23.4. The van der Waals surface area contributed by atoms with Crippen LogP contribution in [0.15, 0.2) is 18.2 Å². The summed E-state index contributed by atoms with van der Waals surface area (Å²) in [5, 5.41) is 0.475. The molecule has 0 spiro atoms. The van der Waals surface area contributed by atoms with Crippen LogP contribution in [0.2, 0.25) is 5.02 Å². The Morgan fingerprint density at radius 2 is 1.73 bits per heavy atom. The molecular formula is C16H21ClO5. The molecule has 0 amide bonds. The predicted molar refractivity (Wildman–Crippen MR) is 83.3 cm³/mol. The van der Waals surface area contributed by atoms with Crippen LogP contribution in [-0.4, -0.2) is 25.2 Å². The van der Waals surface area contributed by atoms with E-state index in [1.807, 2.05) is 20.8 Å². The van der Waals surface area contributed by atoms with Gasteiger partial charge in [0.25, 0.3) is 0 Å². The average molecular weight is 329 g/mol. The Kier molecular flexibility index (Phi) is 7.18. The number of hydrogen-bond acceptors (Lipinski definition) is 5. The summed E-state index contributed by atoms with van der Waals surface area (Å²) in [6, 6.07) is 4.67. The number of carbonyl (C=O) groups excluding carboxylic acids is 2. The SMILES string of the molecule is COc1cc(Cl)ccc1OC(=O)CCC(=O)OC(C)C(C)C. The number of ether oxygens (including phenoxy) is 3. The molecule has 0 saturated heterocycles. The summed E-state index contributed by atoms with van der Waals surface area (Å²) in [7, 11) is 1.45. The van der Waals surface area contributed by atoms with E-state index in [0.29, 0.717) is 10.8 Å². The normalized spacial score (nSPS) is 11.9. The van der Waals surface area contributed by atoms with Crippen LogP contribution in [-0.2, 0) is 14.3 Å². The van der Waals surface area contributed by atoms with Crippen LogP contribution >= 0.6 is 11.6 Å². The first kappa shape index (κ1) is 18.3. The van der Waals surface area contributed by atoms with E-state index in [9.17, 15) is 9.59 Å². The summed E-state index contributed by atoms with van der Waals surface area (Å²) in [5.41, 5.74) is 0. The van der Waals surface area contributed by atoms with Gasteiger partial charge in [-0.15, -0.1) is 0 Å². The highest BCUT2D eigenvalue weighted by Gasteiger charge is 2.16. The highest BCUT2D eigenvalue weighted by atomic mass is 35.5. The fourth-order valence-corrected chi connectivity index (χ4v) is 1.67. The predicted octanol–water partition coefficient (Wildman–Crippen LogP) is 3.62. The minimum Gasteiger partial charge on any atom is -0.493 e. The van der Waals surface area contributed by atoms with Gasteiger partial charge in [-0.05, 0) is 25.0 Å². The molecule has 122 valence electrons. The van der Waals surface area contributed by atoms with Gasteiger partial charge in [-0.25, -0.2) is 0 Å². The lowest BCUT2D eigenvalue weighted by atomic mass is 10.1. The van der Waals surface area contributed by atoms with Gasteiger partial charge in [-0.1, -0.05) is 25.4 Å². The fraction of sp³-hybridized carbons (Fsp3) is 0.500. The van der Waals surface area contributed by atoms with Gasteiger partial charge in [-0.3, -0.25) is 9.59 Å². The topological polar surface area (TPSA) is 61.8 Å². The number of methoxy groups -OCH3 is 1. The highest BCUT2D eigenvalue weighted by Crippen LogP contribution is 2.30. The molecule has 1 aromatic carbocycles. The number of halogens is 1. The Hall–Kier alpha value is -1.75. The van der Waals surface area contributed by atoms with Crippen molar-refractivity contribution in [3.05, 3.63) is 23.2 Å². The van der Waals surface area contributed by atoms with E-state index in [4.69, 9.17) is 25.8 Å². The molecule has 0 saturated carbocycles. The number of esters is 2. The van der Waals surface area contributed by atoms with E-state index in [0.717, 1.165) is 0 Å². The number of carbonyl (C=O) groups is 2. The van der Waals surface area contributed by atoms with Gasteiger partial charge < -0.3 is 14.2 Å². The van der Waals surface area contributed by atoms with Crippen molar-refractivity contribution in [2.75, 3.05) is 7.11 Å². The van der Waals surface area contributed by atoms with E-state index >= 15 is 0 Å². The number of benzene rings is 1. The van der Waals surface area contributed by atoms with Gasteiger partial charge in [-0.2, -0.15) is 0 Å². The first-order valence-electron chi connectivity index (χ1n) is 7.07. The molecule has 0 bridgehead atoms. The van der Waals surface area contributed by atoms with Gasteiger partial charge in [0.1, 0.15) is 6.10 Å². The molecule has 0 fully saturated rings. The molecule has 0 aliphatic heterocycles. The first-order valence-corrected chi connectivity index (χ1v) is 7.45. The second-order valence-corrected chi connectivity index (χ2v) is 5.64. The van der Waals surface area contributed by atoms with E-state index in [1.165, 1.54) is 13.2 Å². The van der Waals surface area contributed by atoms with Crippen molar-refractivity contribution in [1.82, 2.24) is 0 Å².